The number of cyclic esters (lactones) is 1. The molecule has 1 amide bonds. The van der Waals surface area contributed by atoms with Crippen molar-refractivity contribution in [3.8, 4) is 5.75 Å². The second-order valence-electron chi connectivity index (χ2n) is 4.98. The summed E-state index contributed by atoms with van der Waals surface area (Å²) in [6.07, 6.45) is -0.417. The zero-order valence-corrected chi connectivity index (χ0v) is 13.1. The van der Waals surface area contributed by atoms with Crippen molar-refractivity contribution in [2.75, 3.05) is 6.61 Å². The highest BCUT2D eigenvalue weighted by molar-refractivity contribution is 9.11. The molecule has 0 bridgehead atoms. The number of alkyl carbamates (subject to hydrolysis) is 1. The number of ether oxygens (including phenoxy) is 1. The molecular weight excluding hydrogens is 366 g/mol. The summed E-state index contributed by atoms with van der Waals surface area (Å²) in [4.78, 5) is 11.4. The molecule has 1 aliphatic rings. The topological polar surface area (TPSA) is 58.6 Å². The first-order valence-corrected chi connectivity index (χ1v) is 7.01. The van der Waals surface area contributed by atoms with Gasteiger partial charge in [0.05, 0.1) is 15.0 Å². The van der Waals surface area contributed by atoms with Gasteiger partial charge in [-0.3, -0.25) is 0 Å². The van der Waals surface area contributed by atoms with E-state index in [2.05, 4.69) is 37.2 Å². The van der Waals surface area contributed by atoms with Crippen LogP contribution in [-0.4, -0.2) is 17.8 Å². The summed E-state index contributed by atoms with van der Waals surface area (Å²) < 4.78 is 6.18. The van der Waals surface area contributed by atoms with Gasteiger partial charge in [-0.15, -0.1) is 0 Å². The van der Waals surface area contributed by atoms with Crippen molar-refractivity contribution < 1.29 is 14.6 Å². The van der Waals surface area contributed by atoms with Crippen LogP contribution in [0.1, 0.15) is 25.5 Å². The van der Waals surface area contributed by atoms with Gasteiger partial charge in [-0.25, -0.2) is 4.79 Å². The summed E-state index contributed by atoms with van der Waals surface area (Å²) in [5.41, 5.74) is 0.692. The van der Waals surface area contributed by atoms with Crippen LogP contribution in [0.3, 0.4) is 0 Å². The van der Waals surface area contributed by atoms with Gasteiger partial charge in [0.15, 0.2) is 0 Å². The van der Waals surface area contributed by atoms with E-state index in [1.165, 1.54) is 0 Å². The molecule has 0 aromatic heterocycles. The molecule has 1 aliphatic heterocycles. The van der Waals surface area contributed by atoms with Gasteiger partial charge in [-0.2, -0.15) is 0 Å². The molecule has 0 radical (unpaired) electrons. The maximum Gasteiger partial charge on any atom is 0.407 e. The lowest BCUT2D eigenvalue weighted by atomic mass is 9.80. The number of rotatable bonds is 1. The highest BCUT2D eigenvalue weighted by Crippen LogP contribution is 2.41. The fourth-order valence-corrected chi connectivity index (χ4v) is 3.20. The van der Waals surface area contributed by atoms with Crippen molar-refractivity contribution in [1.82, 2.24) is 5.32 Å². The molecule has 6 heteroatoms. The number of benzene rings is 1. The second-order valence-corrected chi connectivity index (χ2v) is 6.68. The number of phenols is 1. The first-order valence-electron chi connectivity index (χ1n) is 5.42. The van der Waals surface area contributed by atoms with E-state index in [0.29, 0.717) is 15.6 Å². The summed E-state index contributed by atoms with van der Waals surface area (Å²) in [6.45, 7) is 4.40. The van der Waals surface area contributed by atoms with Gasteiger partial charge in [0.1, 0.15) is 12.4 Å². The average molecular weight is 379 g/mol. The van der Waals surface area contributed by atoms with Crippen LogP contribution in [0.2, 0.25) is 0 Å². The van der Waals surface area contributed by atoms with Gasteiger partial charge in [0, 0.05) is 5.41 Å². The van der Waals surface area contributed by atoms with Crippen LogP contribution in [0.5, 0.6) is 5.75 Å². The molecule has 1 aromatic rings. The van der Waals surface area contributed by atoms with Gasteiger partial charge in [-0.1, -0.05) is 13.8 Å². The summed E-state index contributed by atoms with van der Waals surface area (Å²) in [5, 5.41) is 12.5. The molecule has 2 N–H and O–H groups in total. The summed E-state index contributed by atoms with van der Waals surface area (Å²) in [5.74, 6) is 0.148. The maximum atomic E-state index is 11.4. The van der Waals surface area contributed by atoms with Crippen LogP contribution < -0.4 is 5.32 Å². The SMILES string of the molecule is CC1(C)COC(=O)N[C@H]1c1cc(Br)c(O)c(Br)c1. The fourth-order valence-electron chi connectivity index (χ4n) is 1.98. The molecule has 18 heavy (non-hydrogen) atoms. The van der Waals surface area contributed by atoms with Crippen molar-refractivity contribution in [2.24, 2.45) is 5.41 Å². The molecule has 1 aromatic carbocycles. The van der Waals surface area contributed by atoms with Crippen molar-refractivity contribution in [1.29, 1.82) is 0 Å². The van der Waals surface area contributed by atoms with E-state index in [-0.39, 0.29) is 17.2 Å². The minimum absolute atomic E-state index is 0.148. The van der Waals surface area contributed by atoms with E-state index in [4.69, 9.17) is 4.74 Å². The van der Waals surface area contributed by atoms with Crippen LogP contribution in [0.15, 0.2) is 21.1 Å². The smallest absolute Gasteiger partial charge is 0.407 e. The minimum atomic E-state index is -0.417. The van der Waals surface area contributed by atoms with Gasteiger partial charge in [0.2, 0.25) is 0 Å². The van der Waals surface area contributed by atoms with Crippen molar-refractivity contribution in [3.63, 3.8) is 0 Å². The monoisotopic (exact) mass is 377 g/mol. The van der Waals surface area contributed by atoms with E-state index < -0.39 is 6.09 Å². The first kappa shape index (κ1) is 13.7. The van der Waals surface area contributed by atoms with E-state index in [1.54, 1.807) is 12.1 Å². The first-order chi connectivity index (χ1) is 8.31. The number of phenolic OH excluding ortho intramolecular Hbond substituents is 1. The number of carbonyl (C=O) groups is 1. The lowest BCUT2D eigenvalue weighted by Gasteiger charge is -2.38. The molecule has 1 atom stereocenters. The van der Waals surface area contributed by atoms with Crippen molar-refractivity contribution >= 4 is 38.0 Å². The zero-order valence-electron chi connectivity index (χ0n) is 9.96. The number of hydrogen-bond donors (Lipinski definition) is 2. The summed E-state index contributed by atoms with van der Waals surface area (Å²) >= 11 is 6.58. The lowest BCUT2D eigenvalue weighted by molar-refractivity contribution is 0.0387. The Morgan fingerprint density at radius 2 is 1.94 bits per heavy atom. The second kappa shape index (κ2) is 4.74. The molecule has 4 nitrogen and oxygen atoms in total. The molecule has 98 valence electrons. The van der Waals surface area contributed by atoms with Crippen LogP contribution in [0.4, 0.5) is 4.79 Å². The molecule has 1 heterocycles. The van der Waals surface area contributed by atoms with E-state index in [0.717, 1.165) is 5.56 Å². The quantitative estimate of drug-likeness (QED) is 0.782. The number of halogens is 2. The van der Waals surface area contributed by atoms with E-state index in [9.17, 15) is 9.90 Å². The van der Waals surface area contributed by atoms with Crippen LogP contribution in [0.25, 0.3) is 0 Å². The number of aromatic hydroxyl groups is 1. The van der Waals surface area contributed by atoms with Crippen LogP contribution in [0, 0.1) is 5.41 Å². The Morgan fingerprint density at radius 1 is 1.39 bits per heavy atom. The zero-order chi connectivity index (χ0) is 13.5. The Balaban J connectivity index is 2.43. The van der Waals surface area contributed by atoms with Crippen molar-refractivity contribution in [3.05, 3.63) is 26.6 Å². The standard InChI is InChI=1S/C12H13Br2NO3/c1-12(2)5-18-11(17)15-10(12)6-3-7(13)9(16)8(14)4-6/h3-4,10,16H,5H2,1-2H3,(H,15,17)/t10-/m0/s1. The molecular formula is C12H13Br2NO3. The Hall–Kier alpha value is -0.750. The largest absolute Gasteiger partial charge is 0.506 e. The van der Waals surface area contributed by atoms with E-state index >= 15 is 0 Å². The third-order valence-electron chi connectivity index (χ3n) is 2.99. The van der Waals surface area contributed by atoms with Crippen LogP contribution >= 0.6 is 31.9 Å². The molecule has 1 fully saturated rings. The number of nitrogens with one attached hydrogen (secondary N) is 1. The molecule has 0 unspecified atom stereocenters. The number of carbonyl (C=O) groups excluding carboxylic acids is 1. The molecule has 0 aliphatic carbocycles. The minimum Gasteiger partial charge on any atom is -0.506 e. The van der Waals surface area contributed by atoms with Crippen molar-refractivity contribution in [2.45, 2.75) is 19.9 Å². The predicted octanol–water partition coefficient (Wildman–Crippen LogP) is 3.72. The molecule has 0 saturated carbocycles. The Bertz CT molecular complexity index is 479. The van der Waals surface area contributed by atoms with Gasteiger partial charge in [0.25, 0.3) is 0 Å². The number of hydrogen-bond acceptors (Lipinski definition) is 3. The van der Waals surface area contributed by atoms with Gasteiger partial charge in [-0.05, 0) is 49.6 Å². The highest BCUT2D eigenvalue weighted by atomic mass is 79.9. The molecule has 1 saturated heterocycles. The maximum absolute atomic E-state index is 11.4. The molecule has 2 rings (SSSR count). The predicted molar refractivity (Wildman–Crippen MR) is 74.5 cm³/mol. The molecule has 0 spiro atoms. The summed E-state index contributed by atoms with van der Waals surface area (Å²) in [7, 11) is 0. The Kier molecular flexibility index (Phi) is 3.60. The fraction of sp³-hybridized carbons (Fsp3) is 0.417. The summed E-state index contributed by atoms with van der Waals surface area (Å²) in [6, 6.07) is 3.45. The Labute approximate surface area is 122 Å². The lowest BCUT2D eigenvalue weighted by Crippen LogP contribution is -2.46. The third-order valence-corrected chi connectivity index (χ3v) is 4.20. The average Bonchev–Trinajstić information content (AvgIpc) is 2.28. The van der Waals surface area contributed by atoms with Crippen LogP contribution in [-0.2, 0) is 4.74 Å². The number of amides is 1. The third kappa shape index (κ3) is 2.49. The Morgan fingerprint density at radius 3 is 2.50 bits per heavy atom. The van der Waals surface area contributed by atoms with E-state index in [1.807, 2.05) is 13.8 Å². The normalized spacial score (nSPS) is 22.2. The van der Waals surface area contributed by atoms with Gasteiger partial charge < -0.3 is 15.2 Å². The van der Waals surface area contributed by atoms with Gasteiger partial charge >= 0.3 is 6.09 Å². The highest BCUT2D eigenvalue weighted by Gasteiger charge is 2.38.